The molecule has 0 bridgehead atoms. The lowest BCUT2D eigenvalue weighted by molar-refractivity contribution is 0.582. The van der Waals surface area contributed by atoms with Crippen LogP contribution in [0.1, 0.15) is 11.3 Å². The van der Waals surface area contributed by atoms with Gasteiger partial charge in [0.25, 0.3) is 0 Å². The van der Waals surface area contributed by atoms with Gasteiger partial charge >= 0.3 is 0 Å². The topological polar surface area (TPSA) is 109 Å². The average Bonchev–Trinajstić information content (AvgIpc) is 2.85. The Morgan fingerprint density at radius 1 is 1.33 bits per heavy atom. The molecule has 1 aliphatic rings. The fourth-order valence-electron chi connectivity index (χ4n) is 2.36. The highest BCUT2D eigenvalue weighted by Gasteiger charge is 2.23. The number of rotatable bonds is 2. The molecule has 0 aliphatic carbocycles. The Labute approximate surface area is 122 Å². The molecule has 3 heterocycles. The van der Waals surface area contributed by atoms with Crippen LogP contribution in [-0.2, 0) is 0 Å². The summed E-state index contributed by atoms with van der Waals surface area (Å²) < 4.78 is 1.50. The van der Waals surface area contributed by atoms with Crippen LogP contribution in [0.25, 0.3) is 5.82 Å². The smallest absolute Gasteiger partial charge is 0.171 e. The van der Waals surface area contributed by atoms with Gasteiger partial charge in [0.05, 0.1) is 0 Å². The molecule has 1 aliphatic heterocycles. The first kappa shape index (κ1) is 13.3. The Bertz CT molecular complexity index is 693. The van der Waals surface area contributed by atoms with E-state index in [4.69, 9.17) is 5.73 Å². The van der Waals surface area contributed by atoms with Crippen molar-refractivity contribution in [3.05, 3.63) is 23.7 Å². The lowest BCUT2D eigenvalue weighted by Gasteiger charge is -2.27. The molecule has 3 rings (SSSR count). The highest BCUT2D eigenvalue weighted by Crippen LogP contribution is 2.26. The first-order valence-corrected chi connectivity index (χ1v) is 6.74. The lowest BCUT2D eigenvalue weighted by atomic mass is 10.2. The van der Waals surface area contributed by atoms with Gasteiger partial charge in [-0.3, -0.25) is 0 Å². The van der Waals surface area contributed by atoms with Crippen molar-refractivity contribution in [3.63, 3.8) is 0 Å². The second-order valence-electron chi connectivity index (χ2n) is 4.86. The van der Waals surface area contributed by atoms with Crippen LogP contribution in [0.15, 0.2) is 12.4 Å². The van der Waals surface area contributed by atoms with E-state index in [0.29, 0.717) is 23.0 Å². The summed E-state index contributed by atoms with van der Waals surface area (Å²) >= 11 is 0. The van der Waals surface area contributed by atoms with Gasteiger partial charge in [0, 0.05) is 37.9 Å². The number of nitrogen functional groups attached to an aromatic ring is 1. The molecule has 1 saturated heterocycles. The quantitative estimate of drug-likeness (QED) is 0.788. The van der Waals surface area contributed by atoms with Crippen LogP contribution in [0.3, 0.4) is 0 Å². The van der Waals surface area contributed by atoms with E-state index in [2.05, 4.69) is 31.4 Å². The Kier molecular flexibility index (Phi) is 3.41. The summed E-state index contributed by atoms with van der Waals surface area (Å²) in [5.41, 5.74) is 7.29. The van der Waals surface area contributed by atoms with Gasteiger partial charge < -0.3 is 16.0 Å². The molecule has 1 fully saturated rings. The first-order chi connectivity index (χ1) is 10.2. The van der Waals surface area contributed by atoms with E-state index in [-0.39, 0.29) is 0 Å². The summed E-state index contributed by atoms with van der Waals surface area (Å²) in [5, 5.41) is 17.2. The Balaban J connectivity index is 2.07. The molecule has 2 aromatic rings. The van der Waals surface area contributed by atoms with Gasteiger partial charge in [-0.15, -0.1) is 5.10 Å². The van der Waals surface area contributed by atoms with Gasteiger partial charge in [-0.25, -0.2) is 9.97 Å². The van der Waals surface area contributed by atoms with E-state index < -0.39 is 0 Å². The number of hydrogen-bond donors (Lipinski definition) is 2. The predicted molar refractivity (Wildman–Crippen MR) is 78.1 cm³/mol. The lowest BCUT2D eigenvalue weighted by Crippen LogP contribution is -2.44. The monoisotopic (exact) mass is 284 g/mol. The molecule has 108 valence electrons. The Morgan fingerprint density at radius 3 is 2.76 bits per heavy atom. The first-order valence-electron chi connectivity index (χ1n) is 6.74. The number of hydrogen-bond acceptors (Lipinski definition) is 7. The molecule has 0 amide bonds. The molecule has 0 atom stereocenters. The zero-order valence-corrected chi connectivity index (χ0v) is 11.7. The summed E-state index contributed by atoms with van der Waals surface area (Å²) in [5.74, 6) is 1.50. The van der Waals surface area contributed by atoms with Gasteiger partial charge in [0.1, 0.15) is 23.8 Å². The van der Waals surface area contributed by atoms with Crippen LogP contribution in [0.4, 0.5) is 11.6 Å². The number of nitriles is 1. The van der Waals surface area contributed by atoms with Gasteiger partial charge in [0.15, 0.2) is 11.6 Å². The average molecular weight is 284 g/mol. The number of aromatic nitrogens is 4. The Morgan fingerprint density at radius 2 is 2.10 bits per heavy atom. The number of anilines is 2. The van der Waals surface area contributed by atoms with Crippen molar-refractivity contribution in [1.29, 1.82) is 5.26 Å². The number of aryl methyl sites for hydroxylation is 1. The largest absolute Gasteiger partial charge is 0.382 e. The fourth-order valence-corrected chi connectivity index (χ4v) is 2.36. The molecule has 0 saturated carbocycles. The van der Waals surface area contributed by atoms with Crippen molar-refractivity contribution in [1.82, 2.24) is 25.1 Å². The van der Waals surface area contributed by atoms with Crippen molar-refractivity contribution in [2.45, 2.75) is 6.92 Å². The minimum absolute atomic E-state index is 0.309. The third kappa shape index (κ3) is 2.39. The fraction of sp³-hybridized carbons (Fsp3) is 0.385. The van der Waals surface area contributed by atoms with Crippen LogP contribution in [0.2, 0.25) is 0 Å². The van der Waals surface area contributed by atoms with Crippen LogP contribution in [0, 0.1) is 18.3 Å². The molecule has 3 N–H and O–H groups in total. The van der Waals surface area contributed by atoms with E-state index >= 15 is 0 Å². The zero-order valence-electron chi connectivity index (χ0n) is 11.7. The van der Waals surface area contributed by atoms with Crippen LogP contribution >= 0.6 is 0 Å². The molecular weight excluding hydrogens is 268 g/mol. The Hall–Kier alpha value is -2.66. The van der Waals surface area contributed by atoms with Gasteiger partial charge in [0.2, 0.25) is 0 Å². The van der Waals surface area contributed by atoms with Crippen molar-refractivity contribution >= 4 is 11.6 Å². The molecule has 0 unspecified atom stereocenters. The molecule has 0 radical (unpaired) electrons. The number of nitrogens with zero attached hydrogens (tertiary/aromatic N) is 6. The van der Waals surface area contributed by atoms with Crippen LogP contribution in [-0.4, -0.2) is 45.9 Å². The minimum atomic E-state index is 0.309. The predicted octanol–water partition coefficient (Wildman–Crippen LogP) is -0.166. The molecule has 0 spiro atoms. The van der Waals surface area contributed by atoms with E-state index in [0.717, 1.165) is 31.9 Å². The summed E-state index contributed by atoms with van der Waals surface area (Å²) in [4.78, 5) is 10.3. The molecule has 2 aromatic heterocycles. The summed E-state index contributed by atoms with van der Waals surface area (Å²) in [6.07, 6.45) is 1.46. The normalized spacial score (nSPS) is 15.0. The highest BCUT2D eigenvalue weighted by molar-refractivity contribution is 5.66. The third-order valence-corrected chi connectivity index (χ3v) is 3.44. The summed E-state index contributed by atoms with van der Waals surface area (Å²) in [6.45, 7) is 5.20. The maximum atomic E-state index is 9.39. The molecular formula is C13H16N8. The molecule has 21 heavy (non-hydrogen) atoms. The van der Waals surface area contributed by atoms with Gasteiger partial charge in [-0.05, 0) is 6.92 Å². The third-order valence-electron chi connectivity index (χ3n) is 3.44. The van der Waals surface area contributed by atoms with Gasteiger partial charge in [-0.2, -0.15) is 9.94 Å². The zero-order chi connectivity index (χ0) is 14.8. The highest BCUT2D eigenvalue weighted by atomic mass is 15.4. The summed E-state index contributed by atoms with van der Waals surface area (Å²) in [7, 11) is 0. The standard InChI is InChI=1S/C13H16N8/c1-9-6-11(18-8-17-9)21-12(15)10(7-14)13(19-21)20-4-2-16-3-5-20/h6,8,16H,2-5,15H2,1H3. The van der Waals surface area contributed by atoms with Crippen molar-refractivity contribution in [3.8, 4) is 11.9 Å². The maximum Gasteiger partial charge on any atom is 0.171 e. The van der Waals surface area contributed by atoms with E-state index in [9.17, 15) is 5.26 Å². The van der Waals surface area contributed by atoms with Crippen LogP contribution in [0.5, 0.6) is 0 Å². The molecule has 8 nitrogen and oxygen atoms in total. The second kappa shape index (κ2) is 5.38. The van der Waals surface area contributed by atoms with Crippen molar-refractivity contribution in [2.24, 2.45) is 0 Å². The van der Waals surface area contributed by atoms with Gasteiger partial charge in [-0.1, -0.05) is 0 Å². The summed E-state index contributed by atoms with van der Waals surface area (Å²) in [6, 6.07) is 3.94. The van der Waals surface area contributed by atoms with E-state index in [1.807, 2.05) is 6.92 Å². The molecule has 8 heteroatoms. The molecule has 0 aromatic carbocycles. The number of nitrogens with one attached hydrogen (secondary N) is 1. The van der Waals surface area contributed by atoms with Crippen molar-refractivity contribution < 1.29 is 0 Å². The maximum absolute atomic E-state index is 9.39. The van der Waals surface area contributed by atoms with E-state index in [1.54, 1.807) is 6.07 Å². The minimum Gasteiger partial charge on any atom is -0.382 e. The number of piperazine rings is 1. The SMILES string of the molecule is Cc1cc(-n2nc(N3CCNCC3)c(C#N)c2N)ncn1. The van der Waals surface area contributed by atoms with Crippen LogP contribution < -0.4 is 16.0 Å². The van der Waals surface area contributed by atoms with Crippen molar-refractivity contribution in [2.75, 3.05) is 36.8 Å². The number of nitrogens with two attached hydrogens (primary N) is 1. The van der Waals surface area contributed by atoms with E-state index in [1.165, 1.54) is 11.0 Å². The second-order valence-corrected chi connectivity index (χ2v) is 4.86.